The molecule has 0 radical (unpaired) electrons. The van der Waals surface area contributed by atoms with E-state index in [0.29, 0.717) is 11.4 Å². The van der Waals surface area contributed by atoms with Crippen LogP contribution in [-0.4, -0.2) is 18.1 Å². The summed E-state index contributed by atoms with van der Waals surface area (Å²) in [5.41, 5.74) is 6.25. The second-order valence-electron chi connectivity index (χ2n) is 5.50. The fourth-order valence-corrected chi connectivity index (χ4v) is 2.59. The van der Waals surface area contributed by atoms with Crippen molar-refractivity contribution in [3.05, 3.63) is 24.3 Å². The second kappa shape index (κ2) is 5.95. The molecule has 1 fully saturated rings. The molecule has 1 aromatic carbocycles. The maximum Gasteiger partial charge on any atom is 0.258 e. The van der Waals surface area contributed by atoms with Crippen molar-refractivity contribution in [3.8, 4) is 5.75 Å². The first-order valence-electron chi connectivity index (χ1n) is 6.87. The zero-order valence-electron chi connectivity index (χ0n) is 11.4. The van der Waals surface area contributed by atoms with Crippen LogP contribution in [0.1, 0.15) is 39.0 Å². The van der Waals surface area contributed by atoms with Gasteiger partial charge in [-0.3, -0.25) is 4.79 Å². The van der Waals surface area contributed by atoms with Crippen molar-refractivity contribution in [2.24, 2.45) is 0 Å². The van der Waals surface area contributed by atoms with E-state index >= 15 is 0 Å². The standard InChI is InChI=1S/C15H22N2O2/c1-15(9-5-2-6-10-15)17-14(18)11-19-13-8-4-3-7-12(13)16/h3-4,7-8H,2,5-6,9-11,16H2,1H3,(H,17,18). The minimum atomic E-state index is -0.0762. The van der Waals surface area contributed by atoms with Gasteiger partial charge in [-0.1, -0.05) is 31.4 Å². The number of carbonyl (C=O) groups excluding carboxylic acids is 1. The van der Waals surface area contributed by atoms with Gasteiger partial charge in [0, 0.05) is 5.54 Å². The summed E-state index contributed by atoms with van der Waals surface area (Å²) >= 11 is 0. The van der Waals surface area contributed by atoms with Crippen LogP contribution < -0.4 is 15.8 Å². The number of carbonyl (C=O) groups is 1. The maximum atomic E-state index is 11.9. The minimum Gasteiger partial charge on any atom is -0.482 e. The van der Waals surface area contributed by atoms with Gasteiger partial charge in [-0.05, 0) is 31.9 Å². The number of nitrogens with one attached hydrogen (secondary N) is 1. The Kier molecular flexibility index (Phi) is 4.30. The summed E-state index contributed by atoms with van der Waals surface area (Å²) in [7, 11) is 0. The van der Waals surface area contributed by atoms with Crippen LogP contribution in [0.3, 0.4) is 0 Å². The molecule has 4 nitrogen and oxygen atoms in total. The number of hydrogen-bond acceptors (Lipinski definition) is 3. The molecule has 0 aliphatic heterocycles. The van der Waals surface area contributed by atoms with E-state index < -0.39 is 0 Å². The van der Waals surface area contributed by atoms with Crippen LogP contribution in [0, 0.1) is 0 Å². The normalized spacial score (nSPS) is 17.7. The van der Waals surface area contributed by atoms with Crippen molar-refractivity contribution in [3.63, 3.8) is 0 Å². The number of nitrogen functional groups attached to an aromatic ring is 1. The van der Waals surface area contributed by atoms with Crippen LogP contribution >= 0.6 is 0 Å². The smallest absolute Gasteiger partial charge is 0.258 e. The fraction of sp³-hybridized carbons (Fsp3) is 0.533. The van der Waals surface area contributed by atoms with E-state index in [1.54, 1.807) is 12.1 Å². The number of benzene rings is 1. The van der Waals surface area contributed by atoms with Crippen LogP contribution in [0.25, 0.3) is 0 Å². The molecule has 0 saturated heterocycles. The highest BCUT2D eigenvalue weighted by molar-refractivity contribution is 5.78. The molecule has 3 N–H and O–H groups in total. The van der Waals surface area contributed by atoms with Crippen LogP contribution in [0.15, 0.2) is 24.3 Å². The predicted octanol–water partition coefficient (Wildman–Crippen LogP) is 2.49. The van der Waals surface area contributed by atoms with Crippen molar-refractivity contribution in [1.29, 1.82) is 0 Å². The highest BCUT2D eigenvalue weighted by Gasteiger charge is 2.28. The summed E-state index contributed by atoms with van der Waals surface area (Å²) in [5.74, 6) is 0.485. The van der Waals surface area contributed by atoms with Gasteiger partial charge in [0.15, 0.2) is 6.61 Å². The summed E-state index contributed by atoms with van der Waals surface area (Å²) in [6, 6.07) is 7.21. The summed E-state index contributed by atoms with van der Waals surface area (Å²) in [6.45, 7) is 2.13. The van der Waals surface area contributed by atoms with E-state index in [2.05, 4.69) is 12.2 Å². The molecule has 1 aliphatic carbocycles. The lowest BCUT2D eigenvalue weighted by atomic mass is 9.83. The molecule has 2 rings (SSSR count). The molecule has 1 amide bonds. The van der Waals surface area contributed by atoms with Gasteiger partial charge in [-0.2, -0.15) is 0 Å². The third kappa shape index (κ3) is 3.88. The van der Waals surface area contributed by atoms with Crippen LogP contribution in [0.5, 0.6) is 5.75 Å². The van der Waals surface area contributed by atoms with Crippen molar-refractivity contribution in [2.75, 3.05) is 12.3 Å². The molecule has 0 heterocycles. The Hall–Kier alpha value is -1.71. The average molecular weight is 262 g/mol. The first kappa shape index (κ1) is 13.7. The van der Waals surface area contributed by atoms with Gasteiger partial charge in [0.05, 0.1) is 5.69 Å². The van der Waals surface area contributed by atoms with E-state index in [-0.39, 0.29) is 18.1 Å². The molecule has 1 aliphatic rings. The molecular formula is C15H22N2O2. The zero-order valence-corrected chi connectivity index (χ0v) is 11.4. The molecule has 0 bridgehead atoms. The first-order chi connectivity index (χ1) is 9.09. The molecule has 0 spiro atoms. The lowest BCUT2D eigenvalue weighted by molar-refractivity contribution is -0.125. The van der Waals surface area contributed by atoms with E-state index in [1.807, 2.05) is 12.1 Å². The second-order valence-corrected chi connectivity index (χ2v) is 5.50. The van der Waals surface area contributed by atoms with E-state index in [1.165, 1.54) is 19.3 Å². The average Bonchev–Trinajstić information content (AvgIpc) is 2.38. The van der Waals surface area contributed by atoms with Crippen LogP contribution in [0.2, 0.25) is 0 Å². The number of anilines is 1. The Morgan fingerprint density at radius 3 is 2.68 bits per heavy atom. The largest absolute Gasteiger partial charge is 0.482 e. The Morgan fingerprint density at radius 2 is 2.00 bits per heavy atom. The Labute approximate surface area is 114 Å². The van der Waals surface area contributed by atoms with Gasteiger partial charge < -0.3 is 15.8 Å². The summed E-state index contributed by atoms with van der Waals surface area (Å²) in [4.78, 5) is 11.9. The van der Waals surface area contributed by atoms with Crippen molar-refractivity contribution < 1.29 is 9.53 Å². The molecule has 0 unspecified atom stereocenters. The van der Waals surface area contributed by atoms with Gasteiger partial charge in [-0.15, -0.1) is 0 Å². The van der Waals surface area contributed by atoms with Gasteiger partial charge in [0.1, 0.15) is 5.75 Å². The Bertz CT molecular complexity index is 440. The van der Waals surface area contributed by atoms with E-state index in [0.717, 1.165) is 12.8 Å². The number of para-hydroxylation sites is 2. The topological polar surface area (TPSA) is 64.3 Å². The van der Waals surface area contributed by atoms with Gasteiger partial charge in [0.2, 0.25) is 0 Å². The molecule has 0 aromatic heterocycles. The lowest BCUT2D eigenvalue weighted by Gasteiger charge is -2.34. The number of rotatable bonds is 4. The Morgan fingerprint density at radius 1 is 1.32 bits per heavy atom. The monoisotopic (exact) mass is 262 g/mol. The summed E-state index contributed by atoms with van der Waals surface area (Å²) in [5, 5.41) is 3.08. The van der Waals surface area contributed by atoms with Gasteiger partial charge in [0.25, 0.3) is 5.91 Å². The zero-order chi connectivity index (χ0) is 13.7. The minimum absolute atomic E-state index is 0.0177. The molecular weight excluding hydrogens is 240 g/mol. The van der Waals surface area contributed by atoms with Crippen LogP contribution in [0.4, 0.5) is 5.69 Å². The number of ether oxygens (including phenoxy) is 1. The highest BCUT2D eigenvalue weighted by Crippen LogP contribution is 2.27. The molecule has 1 saturated carbocycles. The lowest BCUT2D eigenvalue weighted by Crippen LogP contribution is -2.48. The quantitative estimate of drug-likeness (QED) is 0.819. The highest BCUT2D eigenvalue weighted by atomic mass is 16.5. The molecule has 4 heteroatoms. The molecule has 1 aromatic rings. The van der Waals surface area contributed by atoms with E-state index in [9.17, 15) is 4.79 Å². The molecule has 19 heavy (non-hydrogen) atoms. The SMILES string of the molecule is CC1(NC(=O)COc2ccccc2N)CCCCC1. The maximum absolute atomic E-state index is 11.9. The Balaban J connectivity index is 1.83. The fourth-order valence-electron chi connectivity index (χ4n) is 2.59. The van der Waals surface area contributed by atoms with Gasteiger partial charge >= 0.3 is 0 Å². The van der Waals surface area contributed by atoms with Crippen molar-refractivity contribution in [2.45, 2.75) is 44.6 Å². The van der Waals surface area contributed by atoms with Crippen molar-refractivity contribution >= 4 is 11.6 Å². The van der Waals surface area contributed by atoms with Gasteiger partial charge in [-0.25, -0.2) is 0 Å². The van der Waals surface area contributed by atoms with E-state index in [4.69, 9.17) is 10.5 Å². The summed E-state index contributed by atoms with van der Waals surface area (Å²) in [6.07, 6.45) is 5.73. The first-order valence-corrected chi connectivity index (χ1v) is 6.87. The summed E-state index contributed by atoms with van der Waals surface area (Å²) < 4.78 is 5.45. The third-order valence-electron chi connectivity index (χ3n) is 3.68. The third-order valence-corrected chi connectivity index (χ3v) is 3.68. The number of nitrogens with two attached hydrogens (primary N) is 1. The predicted molar refractivity (Wildman–Crippen MR) is 76.0 cm³/mol. The molecule has 104 valence electrons. The number of amides is 1. The molecule has 0 atom stereocenters. The van der Waals surface area contributed by atoms with Crippen molar-refractivity contribution in [1.82, 2.24) is 5.32 Å². The number of hydrogen-bond donors (Lipinski definition) is 2. The van der Waals surface area contributed by atoms with Crippen LogP contribution in [-0.2, 0) is 4.79 Å².